The van der Waals surface area contributed by atoms with Crippen molar-refractivity contribution in [3.63, 3.8) is 0 Å². The maximum atomic E-state index is 11.4. The fraction of sp³-hybridized carbons (Fsp3) is 0.429. The third kappa shape index (κ3) is 4.61. The van der Waals surface area contributed by atoms with E-state index in [4.69, 9.17) is 14.7 Å². The van der Waals surface area contributed by atoms with Crippen molar-refractivity contribution < 1.29 is 19.5 Å². The molecular weight excluding hydrogens is 358 g/mol. The van der Waals surface area contributed by atoms with Gasteiger partial charge >= 0.3 is 0 Å². The Morgan fingerprint density at radius 3 is 2.75 bits per heavy atom. The number of amides is 1. The van der Waals surface area contributed by atoms with Crippen molar-refractivity contribution in [1.82, 2.24) is 10.5 Å². The van der Waals surface area contributed by atoms with Gasteiger partial charge in [-0.2, -0.15) is 0 Å². The van der Waals surface area contributed by atoms with Gasteiger partial charge in [-0.1, -0.05) is 12.1 Å². The molecule has 28 heavy (non-hydrogen) atoms. The van der Waals surface area contributed by atoms with Gasteiger partial charge in [-0.05, 0) is 54.2 Å². The first-order valence-electron chi connectivity index (χ1n) is 9.66. The van der Waals surface area contributed by atoms with Crippen LogP contribution in [0.1, 0.15) is 17.5 Å². The molecule has 1 aliphatic carbocycles. The van der Waals surface area contributed by atoms with E-state index in [1.165, 1.54) is 5.56 Å². The van der Waals surface area contributed by atoms with Gasteiger partial charge in [-0.15, -0.1) is 0 Å². The number of carbonyl (C=O) groups is 1. The Morgan fingerprint density at radius 2 is 2.00 bits per heavy atom. The van der Waals surface area contributed by atoms with Crippen LogP contribution >= 0.6 is 0 Å². The number of benzene rings is 1. The van der Waals surface area contributed by atoms with Gasteiger partial charge in [-0.3, -0.25) is 10.0 Å². The van der Waals surface area contributed by atoms with Crippen molar-refractivity contribution in [3.05, 3.63) is 53.7 Å². The maximum Gasteiger partial charge on any atom is 0.246 e. The number of nitrogens with one attached hydrogen (secondary N) is 1. The summed E-state index contributed by atoms with van der Waals surface area (Å²) in [5.41, 5.74) is 3.99. The second-order valence-electron chi connectivity index (χ2n) is 7.34. The summed E-state index contributed by atoms with van der Waals surface area (Å²) in [6, 6.07) is 12.0. The van der Waals surface area contributed by atoms with Crippen LogP contribution in [0.3, 0.4) is 0 Å². The fourth-order valence-corrected chi connectivity index (χ4v) is 3.58. The van der Waals surface area contributed by atoms with Gasteiger partial charge in [-0.25, -0.2) is 10.5 Å². The smallest absolute Gasteiger partial charge is 0.246 e. The molecular formula is C21H25N3O4. The van der Waals surface area contributed by atoms with E-state index < -0.39 is 0 Å². The van der Waals surface area contributed by atoms with Crippen LogP contribution in [0.15, 0.2) is 42.6 Å². The molecule has 2 aromatic rings. The van der Waals surface area contributed by atoms with Crippen molar-refractivity contribution in [2.45, 2.75) is 19.4 Å². The van der Waals surface area contributed by atoms with E-state index in [1.807, 2.05) is 36.5 Å². The Labute approximate surface area is 164 Å². The summed E-state index contributed by atoms with van der Waals surface area (Å²) >= 11 is 0. The number of nitrogens with zero attached hydrogens (tertiary/aromatic N) is 2. The molecule has 1 aromatic heterocycles. The summed E-state index contributed by atoms with van der Waals surface area (Å²) in [4.78, 5) is 18.1. The summed E-state index contributed by atoms with van der Waals surface area (Å²) in [6.07, 6.45) is 3.49. The van der Waals surface area contributed by atoms with E-state index >= 15 is 0 Å². The number of morpholine rings is 1. The van der Waals surface area contributed by atoms with Crippen molar-refractivity contribution in [3.8, 4) is 5.75 Å². The molecule has 1 saturated carbocycles. The minimum Gasteiger partial charge on any atom is -0.489 e. The number of rotatable bonds is 7. The number of hydroxylamine groups is 1. The molecule has 2 aliphatic rings. The van der Waals surface area contributed by atoms with E-state index in [2.05, 4.69) is 16.0 Å². The first kappa shape index (κ1) is 18.7. The molecule has 2 N–H and O–H groups in total. The van der Waals surface area contributed by atoms with Crippen molar-refractivity contribution >= 4 is 11.7 Å². The lowest BCUT2D eigenvalue weighted by Crippen LogP contribution is -2.36. The average molecular weight is 383 g/mol. The molecule has 0 radical (unpaired) electrons. The highest BCUT2D eigenvalue weighted by molar-refractivity contribution is 5.80. The molecule has 0 spiro atoms. The van der Waals surface area contributed by atoms with Crippen molar-refractivity contribution in [2.24, 2.45) is 11.8 Å². The van der Waals surface area contributed by atoms with Gasteiger partial charge in [0.05, 0.1) is 13.2 Å². The van der Waals surface area contributed by atoms with E-state index in [0.29, 0.717) is 12.5 Å². The molecule has 4 rings (SSSR count). The number of anilines is 1. The summed E-state index contributed by atoms with van der Waals surface area (Å²) in [5.74, 6) is 1.75. The Kier molecular flexibility index (Phi) is 5.73. The zero-order valence-corrected chi connectivity index (χ0v) is 15.7. The van der Waals surface area contributed by atoms with Crippen LogP contribution in [0.25, 0.3) is 0 Å². The minimum absolute atomic E-state index is 0.0618. The predicted molar refractivity (Wildman–Crippen MR) is 103 cm³/mol. The molecule has 2 fully saturated rings. The maximum absolute atomic E-state index is 11.4. The normalized spacial score (nSPS) is 21.2. The van der Waals surface area contributed by atoms with Gasteiger partial charge in [0.15, 0.2) is 0 Å². The van der Waals surface area contributed by atoms with Crippen LogP contribution in [0.2, 0.25) is 0 Å². The van der Waals surface area contributed by atoms with Gasteiger partial charge in [0.1, 0.15) is 18.2 Å². The van der Waals surface area contributed by atoms with Crippen LogP contribution in [-0.4, -0.2) is 42.4 Å². The number of hydrogen-bond donors (Lipinski definition) is 2. The lowest BCUT2D eigenvalue weighted by molar-refractivity contribution is -0.130. The number of pyridine rings is 1. The van der Waals surface area contributed by atoms with Crippen LogP contribution in [0.4, 0.5) is 5.82 Å². The first-order chi connectivity index (χ1) is 13.7. The predicted octanol–water partition coefficient (Wildman–Crippen LogP) is 2.18. The van der Waals surface area contributed by atoms with Crippen LogP contribution in [-0.2, 0) is 22.6 Å². The largest absolute Gasteiger partial charge is 0.489 e. The van der Waals surface area contributed by atoms with E-state index in [1.54, 1.807) is 5.48 Å². The second kappa shape index (κ2) is 8.58. The zero-order chi connectivity index (χ0) is 19.3. The average Bonchev–Trinajstić information content (AvgIpc) is 3.52. The topological polar surface area (TPSA) is 83.9 Å². The summed E-state index contributed by atoms with van der Waals surface area (Å²) in [5, 5.41) is 8.68. The van der Waals surface area contributed by atoms with E-state index in [0.717, 1.165) is 56.3 Å². The monoisotopic (exact) mass is 383 g/mol. The number of aromatic nitrogens is 1. The third-order valence-corrected chi connectivity index (χ3v) is 5.34. The summed E-state index contributed by atoms with van der Waals surface area (Å²) in [6.45, 7) is 3.68. The van der Waals surface area contributed by atoms with Gasteiger partial charge < -0.3 is 14.4 Å². The minimum atomic E-state index is -0.279. The van der Waals surface area contributed by atoms with Gasteiger partial charge in [0.25, 0.3) is 0 Å². The van der Waals surface area contributed by atoms with Crippen LogP contribution in [0.5, 0.6) is 5.75 Å². The second-order valence-corrected chi connectivity index (χ2v) is 7.34. The van der Waals surface area contributed by atoms with Gasteiger partial charge in [0.2, 0.25) is 5.91 Å². The Bertz CT molecular complexity index is 806. The number of hydrogen-bond acceptors (Lipinski definition) is 6. The Morgan fingerprint density at radius 1 is 1.21 bits per heavy atom. The molecule has 0 bridgehead atoms. The molecule has 148 valence electrons. The van der Waals surface area contributed by atoms with E-state index in [-0.39, 0.29) is 11.8 Å². The summed E-state index contributed by atoms with van der Waals surface area (Å²) < 4.78 is 11.3. The lowest BCUT2D eigenvalue weighted by Gasteiger charge is -2.28. The van der Waals surface area contributed by atoms with Crippen LogP contribution < -0.4 is 15.1 Å². The highest BCUT2D eigenvalue weighted by atomic mass is 16.5. The molecule has 7 nitrogen and oxygen atoms in total. The molecule has 1 saturated heterocycles. The SMILES string of the molecule is O=C(NO)[C@H]1C[C@H]1Cc1ccc(OCc2ccnc(N3CCOCC3)c2)cc1. The molecule has 7 heteroatoms. The Balaban J connectivity index is 1.29. The van der Waals surface area contributed by atoms with Crippen LogP contribution in [0, 0.1) is 11.8 Å². The molecule has 2 atom stereocenters. The van der Waals surface area contributed by atoms with Crippen molar-refractivity contribution in [2.75, 3.05) is 31.2 Å². The first-order valence-corrected chi connectivity index (χ1v) is 9.66. The quantitative estimate of drug-likeness (QED) is 0.563. The highest BCUT2D eigenvalue weighted by Gasteiger charge is 2.42. The lowest BCUT2D eigenvalue weighted by atomic mass is 10.1. The molecule has 1 aromatic carbocycles. The highest BCUT2D eigenvalue weighted by Crippen LogP contribution is 2.41. The standard InChI is InChI=1S/C21H25N3O4/c25-21(23-26)19-13-17(19)11-15-1-3-18(4-2-15)28-14-16-5-6-22-20(12-16)24-7-9-27-10-8-24/h1-6,12,17,19,26H,7-11,13-14H2,(H,23,25)/t17-,19+/m1/s1. The zero-order valence-electron chi connectivity index (χ0n) is 15.7. The molecule has 1 amide bonds. The molecule has 2 heterocycles. The van der Waals surface area contributed by atoms with E-state index in [9.17, 15) is 4.79 Å². The Hall–Kier alpha value is -2.64. The molecule has 1 aliphatic heterocycles. The number of ether oxygens (including phenoxy) is 2. The van der Waals surface area contributed by atoms with Crippen molar-refractivity contribution in [1.29, 1.82) is 0 Å². The summed E-state index contributed by atoms with van der Waals surface area (Å²) in [7, 11) is 0. The molecule has 0 unspecified atom stereocenters. The fourth-order valence-electron chi connectivity index (χ4n) is 3.58. The number of carbonyl (C=O) groups excluding carboxylic acids is 1. The third-order valence-electron chi connectivity index (χ3n) is 5.34. The van der Waals surface area contributed by atoms with Gasteiger partial charge in [0, 0.05) is 25.2 Å².